The van der Waals surface area contributed by atoms with Gasteiger partial charge in [-0.25, -0.2) is 13.1 Å². The first-order valence-corrected chi connectivity index (χ1v) is 9.85. The molecule has 2 fully saturated rings. The Morgan fingerprint density at radius 1 is 1.26 bits per heavy atom. The quantitative estimate of drug-likeness (QED) is 0.213. The van der Waals surface area contributed by atoms with Gasteiger partial charge in [0.25, 0.3) is 0 Å². The van der Waals surface area contributed by atoms with E-state index in [0.717, 1.165) is 24.1 Å². The molecule has 0 aromatic rings. The average molecular weight is 460 g/mol. The molecule has 7 nitrogen and oxygen atoms in total. The van der Waals surface area contributed by atoms with Crippen LogP contribution in [0.4, 0.5) is 0 Å². The number of fused-ring (bicyclic) bond motifs is 2. The molecule has 2 saturated carbocycles. The van der Waals surface area contributed by atoms with E-state index in [2.05, 4.69) is 20.3 Å². The number of rotatable bonds is 8. The number of hydrogen-bond acceptors (Lipinski definition) is 4. The number of hydrogen-bond donors (Lipinski definition) is 3. The van der Waals surface area contributed by atoms with Gasteiger partial charge in [0.15, 0.2) is 5.96 Å². The molecule has 23 heavy (non-hydrogen) atoms. The first-order chi connectivity index (χ1) is 10.5. The fraction of sp³-hybridized carbons (Fsp3) is 0.929. The van der Waals surface area contributed by atoms with Crippen LogP contribution >= 0.6 is 24.0 Å². The lowest BCUT2D eigenvalue weighted by Gasteiger charge is -2.25. The van der Waals surface area contributed by atoms with Gasteiger partial charge in [0.05, 0.1) is 19.4 Å². The maximum absolute atomic E-state index is 11.0. The molecule has 0 amide bonds. The number of guanidine groups is 1. The van der Waals surface area contributed by atoms with E-state index in [1.807, 2.05) is 0 Å². The summed E-state index contributed by atoms with van der Waals surface area (Å²) in [5.41, 5.74) is 0. The van der Waals surface area contributed by atoms with Crippen LogP contribution in [0.25, 0.3) is 0 Å². The number of ether oxygens (including phenoxy) is 1. The molecule has 3 N–H and O–H groups in total. The molecule has 9 heteroatoms. The summed E-state index contributed by atoms with van der Waals surface area (Å²) in [6.07, 6.45) is 6.38. The van der Waals surface area contributed by atoms with Gasteiger partial charge in [-0.05, 0) is 31.1 Å². The summed E-state index contributed by atoms with van der Waals surface area (Å²) in [4.78, 5) is 4.46. The van der Waals surface area contributed by atoms with E-state index in [4.69, 9.17) is 4.74 Å². The van der Waals surface area contributed by atoms with Crippen LogP contribution < -0.4 is 15.4 Å². The number of nitrogens with zero attached hydrogens (tertiary/aromatic N) is 1. The number of methoxy groups -OCH3 is 1. The summed E-state index contributed by atoms with van der Waals surface area (Å²) in [7, 11) is -1.49. The number of halogens is 1. The van der Waals surface area contributed by atoms with Crippen LogP contribution in [0.5, 0.6) is 0 Å². The van der Waals surface area contributed by atoms with Gasteiger partial charge >= 0.3 is 0 Å². The number of nitrogens with one attached hydrogen (secondary N) is 3. The van der Waals surface area contributed by atoms with E-state index in [1.54, 1.807) is 7.11 Å². The third-order valence-electron chi connectivity index (χ3n) is 4.40. The monoisotopic (exact) mass is 460 g/mol. The molecular weight excluding hydrogens is 431 g/mol. The zero-order valence-corrected chi connectivity index (χ0v) is 17.0. The van der Waals surface area contributed by atoms with Crippen molar-refractivity contribution in [2.45, 2.75) is 31.7 Å². The predicted octanol–water partition coefficient (Wildman–Crippen LogP) is 0.524. The van der Waals surface area contributed by atoms with Crippen molar-refractivity contribution in [2.75, 3.05) is 39.6 Å². The first kappa shape index (κ1) is 20.9. The largest absolute Gasteiger partial charge is 0.383 e. The lowest BCUT2D eigenvalue weighted by atomic mass is 9.95. The van der Waals surface area contributed by atoms with Crippen LogP contribution in [0, 0.1) is 11.8 Å². The van der Waals surface area contributed by atoms with Crippen molar-refractivity contribution in [2.24, 2.45) is 16.8 Å². The minimum Gasteiger partial charge on any atom is -0.383 e. The van der Waals surface area contributed by atoms with Crippen LogP contribution in [0.3, 0.4) is 0 Å². The number of aliphatic imine (C=N–C) groups is 1. The third-order valence-corrected chi connectivity index (χ3v) is 5.13. The first-order valence-electron chi connectivity index (χ1n) is 7.96. The Hall–Kier alpha value is -0.130. The van der Waals surface area contributed by atoms with Crippen LogP contribution in [0.15, 0.2) is 4.99 Å². The molecule has 0 heterocycles. The van der Waals surface area contributed by atoms with E-state index in [-0.39, 0.29) is 24.0 Å². The molecule has 0 saturated heterocycles. The zero-order valence-electron chi connectivity index (χ0n) is 13.9. The highest BCUT2D eigenvalue weighted by atomic mass is 127. The molecule has 2 rings (SSSR count). The van der Waals surface area contributed by atoms with Crippen molar-refractivity contribution >= 4 is 40.0 Å². The Morgan fingerprint density at radius 2 is 2.04 bits per heavy atom. The van der Waals surface area contributed by atoms with Gasteiger partial charge in [-0.1, -0.05) is 6.42 Å². The van der Waals surface area contributed by atoms with Gasteiger partial charge in [-0.15, -0.1) is 24.0 Å². The molecule has 136 valence electrons. The Morgan fingerprint density at radius 3 is 2.61 bits per heavy atom. The van der Waals surface area contributed by atoms with Gasteiger partial charge in [-0.3, -0.25) is 4.99 Å². The minimum atomic E-state index is -3.15. The molecular formula is C14H29IN4O3S. The molecule has 0 radical (unpaired) electrons. The normalized spacial score (nSPS) is 26.9. The Labute approximate surface area is 156 Å². The van der Waals surface area contributed by atoms with Crippen LogP contribution in [-0.4, -0.2) is 60.0 Å². The third kappa shape index (κ3) is 7.53. The summed E-state index contributed by atoms with van der Waals surface area (Å²) in [6, 6.07) is 0.496. The molecule has 2 bridgehead atoms. The van der Waals surface area contributed by atoms with Crippen LogP contribution in [0.2, 0.25) is 0 Å². The molecule has 2 aliphatic carbocycles. The van der Waals surface area contributed by atoms with E-state index < -0.39 is 10.0 Å². The molecule has 0 aromatic heterocycles. The molecule has 0 aliphatic heterocycles. The smallest absolute Gasteiger partial charge is 0.208 e. The summed E-state index contributed by atoms with van der Waals surface area (Å²) in [6.45, 7) is 2.02. The highest BCUT2D eigenvalue weighted by molar-refractivity contribution is 14.0. The van der Waals surface area contributed by atoms with E-state index in [1.165, 1.54) is 25.7 Å². The summed E-state index contributed by atoms with van der Waals surface area (Å²) in [5, 5.41) is 6.75. The van der Waals surface area contributed by atoms with E-state index in [0.29, 0.717) is 32.3 Å². The zero-order chi connectivity index (χ0) is 16.0. The van der Waals surface area contributed by atoms with Gasteiger partial charge < -0.3 is 15.4 Å². The second kappa shape index (κ2) is 10.00. The van der Waals surface area contributed by atoms with Crippen molar-refractivity contribution in [1.82, 2.24) is 15.4 Å². The standard InChI is InChI=1S/C14H28N4O3S.HI/c1-21-8-7-16-14(15-5-6-17-22(2,19)20)18-13-10-11-3-4-12(13)9-11;/h11-13,17H,3-10H2,1-2H3,(H2,15,16,18);1H. The lowest BCUT2D eigenvalue weighted by molar-refractivity contribution is 0.203. The number of sulfonamides is 1. The summed E-state index contributed by atoms with van der Waals surface area (Å²) < 4.78 is 29.6. The Balaban J connectivity index is 0.00000264. The van der Waals surface area contributed by atoms with Crippen molar-refractivity contribution in [1.29, 1.82) is 0 Å². The fourth-order valence-corrected chi connectivity index (χ4v) is 3.88. The molecule has 3 atom stereocenters. The SMILES string of the molecule is COCCNC(=NCCNS(C)(=O)=O)NC1CC2CCC1C2.I. The summed E-state index contributed by atoms with van der Waals surface area (Å²) >= 11 is 0. The topological polar surface area (TPSA) is 91.8 Å². The van der Waals surface area contributed by atoms with E-state index in [9.17, 15) is 8.42 Å². The highest BCUT2D eigenvalue weighted by Crippen LogP contribution is 2.44. The van der Waals surface area contributed by atoms with Crippen molar-refractivity contribution in [3.05, 3.63) is 0 Å². The van der Waals surface area contributed by atoms with E-state index >= 15 is 0 Å². The van der Waals surface area contributed by atoms with Gasteiger partial charge in [-0.2, -0.15) is 0 Å². The van der Waals surface area contributed by atoms with Crippen molar-refractivity contribution in [3.63, 3.8) is 0 Å². The van der Waals surface area contributed by atoms with Crippen molar-refractivity contribution in [3.8, 4) is 0 Å². The molecule has 0 aromatic carbocycles. The predicted molar refractivity (Wildman–Crippen MR) is 103 cm³/mol. The maximum Gasteiger partial charge on any atom is 0.208 e. The second-order valence-corrected chi connectivity index (χ2v) is 8.08. The molecule has 3 unspecified atom stereocenters. The Bertz CT molecular complexity index is 486. The average Bonchev–Trinajstić information content (AvgIpc) is 3.05. The second-order valence-electron chi connectivity index (χ2n) is 6.24. The molecule has 2 aliphatic rings. The minimum absolute atomic E-state index is 0. The van der Waals surface area contributed by atoms with Crippen molar-refractivity contribution < 1.29 is 13.2 Å². The Kier molecular flexibility index (Phi) is 9.09. The lowest BCUT2D eigenvalue weighted by Crippen LogP contribution is -2.46. The van der Waals surface area contributed by atoms with Crippen LogP contribution in [0.1, 0.15) is 25.7 Å². The molecule has 0 spiro atoms. The van der Waals surface area contributed by atoms with Gasteiger partial charge in [0, 0.05) is 26.2 Å². The fourth-order valence-electron chi connectivity index (χ4n) is 3.42. The van der Waals surface area contributed by atoms with Gasteiger partial charge in [0.1, 0.15) is 0 Å². The highest BCUT2D eigenvalue weighted by Gasteiger charge is 2.39. The van der Waals surface area contributed by atoms with Gasteiger partial charge in [0.2, 0.25) is 10.0 Å². The maximum atomic E-state index is 11.0. The van der Waals surface area contributed by atoms with Crippen LogP contribution in [-0.2, 0) is 14.8 Å². The summed E-state index contributed by atoms with van der Waals surface area (Å²) in [5.74, 6) is 2.38.